The first-order valence-electron chi connectivity index (χ1n) is 12.2. The maximum atomic E-state index is 15.1. The first kappa shape index (κ1) is 29.8. The van der Waals surface area contributed by atoms with E-state index in [0.717, 1.165) is 0 Å². The van der Waals surface area contributed by atoms with Gasteiger partial charge in [-0.25, -0.2) is 9.78 Å². The molecule has 208 valence electrons. The van der Waals surface area contributed by atoms with Crippen LogP contribution in [-0.4, -0.2) is 39.2 Å². The van der Waals surface area contributed by atoms with Crippen LogP contribution in [0.1, 0.15) is 81.4 Å². The maximum absolute atomic E-state index is 15.1. The molecular weight excluding hydrogens is 529 g/mol. The number of pyridine rings is 1. The van der Waals surface area contributed by atoms with Gasteiger partial charge in [0.15, 0.2) is 11.5 Å². The highest BCUT2D eigenvalue weighted by Crippen LogP contribution is 2.37. The van der Waals surface area contributed by atoms with Gasteiger partial charge in [0.1, 0.15) is 17.2 Å². The van der Waals surface area contributed by atoms with Gasteiger partial charge < -0.3 is 19.3 Å². The molecule has 1 atom stereocenters. The minimum absolute atomic E-state index is 0.0139. The van der Waals surface area contributed by atoms with Crippen LogP contribution >= 0.6 is 11.6 Å². The summed E-state index contributed by atoms with van der Waals surface area (Å²) in [5.41, 5.74) is -1.13. The quantitative estimate of drug-likeness (QED) is 0.201. The fraction of sp³-hybridized carbons (Fsp3) is 0.393. The maximum Gasteiger partial charge on any atom is 0.408 e. The normalized spacial score (nSPS) is 12.5. The Morgan fingerprint density at radius 2 is 1.64 bits per heavy atom. The van der Waals surface area contributed by atoms with Crippen LogP contribution in [-0.2, 0) is 14.3 Å². The van der Waals surface area contributed by atoms with E-state index < -0.39 is 41.0 Å². The molecule has 0 spiro atoms. The monoisotopic (exact) mass is 559 g/mol. The fourth-order valence-electron chi connectivity index (χ4n) is 3.77. The van der Waals surface area contributed by atoms with Gasteiger partial charge in [0.05, 0.1) is 23.2 Å². The molecule has 1 aromatic carbocycles. The Bertz CT molecular complexity index is 1340. The molecule has 1 amide bonds. The zero-order chi connectivity index (χ0) is 29.1. The smallest absolute Gasteiger partial charge is 0.408 e. The van der Waals surface area contributed by atoms with Crippen molar-refractivity contribution in [2.75, 3.05) is 0 Å². The average molecular weight is 560 g/mol. The number of amides is 1. The van der Waals surface area contributed by atoms with E-state index in [9.17, 15) is 14.4 Å². The van der Waals surface area contributed by atoms with Crippen LogP contribution in [0.4, 0.5) is 9.18 Å². The Morgan fingerprint density at radius 1 is 1.03 bits per heavy atom. The number of esters is 1. The molecule has 0 unspecified atom stereocenters. The number of rotatable bonds is 7. The Balaban J connectivity index is 2.12. The molecule has 3 rings (SSSR count). The molecule has 0 aliphatic carbocycles. The summed E-state index contributed by atoms with van der Waals surface area (Å²) in [4.78, 5) is 42.6. The van der Waals surface area contributed by atoms with Gasteiger partial charge in [-0.05, 0) is 78.8 Å². The third-order valence-corrected chi connectivity index (χ3v) is 5.45. The largest absolute Gasteiger partial charge is 0.460 e. The van der Waals surface area contributed by atoms with Gasteiger partial charge in [-0.2, -0.15) is 4.39 Å². The Morgan fingerprint density at radius 3 is 2.23 bits per heavy atom. The minimum atomic E-state index is -1.12. The lowest BCUT2D eigenvalue weighted by Crippen LogP contribution is -2.36. The van der Waals surface area contributed by atoms with E-state index in [-0.39, 0.29) is 34.4 Å². The van der Waals surface area contributed by atoms with Crippen LogP contribution in [0.5, 0.6) is 0 Å². The van der Waals surface area contributed by atoms with Crippen LogP contribution in [0.15, 0.2) is 41.1 Å². The van der Waals surface area contributed by atoms with Crippen LogP contribution in [0.2, 0.25) is 5.02 Å². The van der Waals surface area contributed by atoms with Gasteiger partial charge in [-0.3, -0.25) is 9.59 Å². The summed E-state index contributed by atoms with van der Waals surface area (Å²) in [6.45, 7) is 11.8. The molecule has 0 radical (unpaired) electrons. The predicted octanol–water partition coefficient (Wildman–Crippen LogP) is 6.37. The van der Waals surface area contributed by atoms with Crippen LogP contribution in [0, 0.1) is 12.9 Å². The first-order chi connectivity index (χ1) is 18.1. The molecule has 0 saturated heterocycles. The van der Waals surface area contributed by atoms with E-state index >= 15 is 4.39 Å². The molecule has 9 nitrogen and oxygen atoms in total. The molecule has 0 bridgehead atoms. The molecule has 0 fully saturated rings. The van der Waals surface area contributed by atoms with E-state index in [4.69, 9.17) is 25.6 Å². The van der Waals surface area contributed by atoms with Crippen molar-refractivity contribution in [3.05, 3.63) is 70.1 Å². The summed E-state index contributed by atoms with van der Waals surface area (Å²) in [7, 11) is 0. The molecule has 1 N–H and O–H groups in total. The van der Waals surface area contributed by atoms with Gasteiger partial charge >= 0.3 is 12.1 Å². The summed E-state index contributed by atoms with van der Waals surface area (Å²) in [5, 5.41) is 7.04. The molecule has 39 heavy (non-hydrogen) atoms. The number of hydrogen-bond donors (Lipinski definition) is 1. The number of benzene rings is 1. The second kappa shape index (κ2) is 11.5. The van der Waals surface area contributed by atoms with Crippen molar-refractivity contribution >= 4 is 29.4 Å². The molecule has 0 aliphatic rings. The summed E-state index contributed by atoms with van der Waals surface area (Å²) in [6, 6.07) is 6.28. The van der Waals surface area contributed by atoms with Crippen molar-refractivity contribution in [3.8, 4) is 11.1 Å². The third-order valence-electron chi connectivity index (χ3n) is 5.19. The van der Waals surface area contributed by atoms with Gasteiger partial charge in [0.25, 0.3) is 0 Å². The third kappa shape index (κ3) is 7.86. The van der Waals surface area contributed by atoms with Crippen molar-refractivity contribution < 1.29 is 32.8 Å². The van der Waals surface area contributed by atoms with Crippen molar-refractivity contribution in [2.45, 2.75) is 72.1 Å². The number of halogens is 2. The molecular formula is C28H31ClFN3O6. The molecule has 0 saturated carbocycles. The van der Waals surface area contributed by atoms with Crippen molar-refractivity contribution in [3.63, 3.8) is 0 Å². The summed E-state index contributed by atoms with van der Waals surface area (Å²) < 4.78 is 31.5. The number of carbonyl (C=O) groups excluding carboxylic acids is 3. The SMILES string of the molecule is Cc1noc([C@H](CC(=O)OC(C)(C)C)NC(=O)OC(C)(C)C)c1-c1ccnc(F)c1C(=O)c1ccc(Cl)cc1. The first-order valence-corrected chi connectivity index (χ1v) is 12.6. The topological polar surface area (TPSA) is 121 Å². The number of nitrogens with one attached hydrogen (secondary N) is 1. The van der Waals surface area contributed by atoms with Gasteiger partial charge in [-0.1, -0.05) is 16.8 Å². The number of ether oxygens (including phenoxy) is 2. The molecule has 0 aliphatic heterocycles. The highest BCUT2D eigenvalue weighted by atomic mass is 35.5. The predicted molar refractivity (Wildman–Crippen MR) is 142 cm³/mol. The standard InChI is InChI=1S/C28H31ClFN3O6/c1-15-21(18-12-13-31-25(30)22(18)23(35)16-8-10-17(29)11-9-16)24(39-33-15)19(14-20(34)37-27(2,3)4)32-26(36)38-28(5,6)7/h8-13,19H,14H2,1-7H3,(H,32,36)/t19-/m0/s1. The van der Waals surface area contributed by atoms with Crippen molar-refractivity contribution in [1.82, 2.24) is 15.5 Å². The zero-order valence-corrected chi connectivity index (χ0v) is 23.6. The fourth-order valence-corrected chi connectivity index (χ4v) is 3.89. The van der Waals surface area contributed by atoms with Gasteiger partial charge in [0, 0.05) is 22.3 Å². The number of alkyl carbamates (subject to hydrolysis) is 1. The Labute approximate surface area is 231 Å². The molecule has 2 heterocycles. The van der Waals surface area contributed by atoms with Crippen LogP contribution in [0.25, 0.3) is 11.1 Å². The van der Waals surface area contributed by atoms with Crippen molar-refractivity contribution in [1.29, 1.82) is 0 Å². The lowest BCUT2D eigenvalue weighted by molar-refractivity contribution is -0.155. The number of ketones is 1. The van der Waals surface area contributed by atoms with E-state index in [2.05, 4.69) is 15.5 Å². The van der Waals surface area contributed by atoms with Crippen LogP contribution < -0.4 is 5.32 Å². The van der Waals surface area contributed by atoms with Gasteiger partial charge in [0.2, 0.25) is 5.95 Å². The summed E-state index contributed by atoms with van der Waals surface area (Å²) in [5.74, 6) is -2.28. The number of aromatic nitrogens is 2. The minimum Gasteiger partial charge on any atom is -0.460 e. The van der Waals surface area contributed by atoms with E-state index in [0.29, 0.717) is 10.7 Å². The second-order valence-corrected chi connectivity index (χ2v) is 11.3. The number of nitrogens with zero attached hydrogens (tertiary/aromatic N) is 2. The lowest BCUT2D eigenvalue weighted by Gasteiger charge is -2.24. The van der Waals surface area contributed by atoms with Crippen molar-refractivity contribution in [2.24, 2.45) is 0 Å². The Hall–Kier alpha value is -3.79. The molecule has 3 aromatic rings. The molecule has 11 heteroatoms. The zero-order valence-electron chi connectivity index (χ0n) is 22.8. The van der Waals surface area contributed by atoms with Gasteiger partial charge in [-0.15, -0.1) is 0 Å². The van der Waals surface area contributed by atoms with E-state index in [1.54, 1.807) is 48.5 Å². The highest BCUT2D eigenvalue weighted by Gasteiger charge is 2.33. The van der Waals surface area contributed by atoms with E-state index in [1.165, 1.54) is 36.5 Å². The Kier molecular flexibility index (Phi) is 8.80. The van der Waals surface area contributed by atoms with E-state index in [1.807, 2.05) is 0 Å². The second-order valence-electron chi connectivity index (χ2n) is 10.9. The molecule has 2 aromatic heterocycles. The number of carbonyl (C=O) groups is 3. The average Bonchev–Trinajstić information content (AvgIpc) is 3.17. The lowest BCUT2D eigenvalue weighted by atomic mass is 9.92. The summed E-state index contributed by atoms with van der Waals surface area (Å²) >= 11 is 5.94. The number of aryl methyl sites for hydroxylation is 1. The van der Waals surface area contributed by atoms with Crippen LogP contribution in [0.3, 0.4) is 0 Å². The summed E-state index contributed by atoms with van der Waals surface area (Å²) in [6.07, 6.45) is 0.0185. The number of hydrogen-bond acceptors (Lipinski definition) is 8. The highest BCUT2D eigenvalue weighted by molar-refractivity contribution is 6.30.